The zero-order valence-corrected chi connectivity index (χ0v) is 18.6. The van der Waals surface area contributed by atoms with Gasteiger partial charge >= 0.3 is 0 Å². The van der Waals surface area contributed by atoms with E-state index in [9.17, 15) is 4.79 Å². The van der Waals surface area contributed by atoms with Gasteiger partial charge in [0.1, 0.15) is 19.0 Å². The lowest BCUT2D eigenvalue weighted by molar-refractivity contribution is 0.102. The number of nitrogens with zero attached hydrogens (tertiary/aromatic N) is 3. The molecule has 1 aliphatic rings. The molecule has 8 heteroatoms. The van der Waals surface area contributed by atoms with Gasteiger partial charge in [-0.3, -0.25) is 4.79 Å². The van der Waals surface area contributed by atoms with E-state index in [0.29, 0.717) is 36.2 Å². The highest BCUT2D eigenvalue weighted by Gasteiger charge is 2.19. The maximum absolute atomic E-state index is 12.8. The van der Waals surface area contributed by atoms with Crippen LogP contribution in [-0.2, 0) is 6.54 Å². The second kappa shape index (κ2) is 9.43. The fourth-order valence-corrected chi connectivity index (χ4v) is 4.15. The summed E-state index contributed by atoms with van der Waals surface area (Å²) in [5.41, 5.74) is 1.56. The van der Waals surface area contributed by atoms with Crippen LogP contribution in [0.15, 0.2) is 47.6 Å². The molecule has 0 unspecified atom stereocenters. The summed E-state index contributed by atoms with van der Waals surface area (Å²) in [5, 5.41) is 9.51. The molecular formula is C23H25N3O4S. The van der Waals surface area contributed by atoms with Crippen LogP contribution in [0, 0.1) is 5.92 Å². The average Bonchev–Trinajstić information content (AvgIpc) is 3.18. The number of ketones is 1. The quantitative estimate of drug-likeness (QED) is 0.381. The van der Waals surface area contributed by atoms with Crippen molar-refractivity contribution >= 4 is 17.5 Å². The predicted molar refractivity (Wildman–Crippen MR) is 119 cm³/mol. The van der Waals surface area contributed by atoms with E-state index < -0.39 is 0 Å². The normalized spacial score (nSPS) is 12.8. The molecule has 1 aliphatic heterocycles. The number of benzene rings is 2. The summed E-state index contributed by atoms with van der Waals surface area (Å²) in [7, 11) is 1.64. The molecule has 0 saturated carbocycles. The van der Waals surface area contributed by atoms with Crippen LogP contribution in [-0.4, -0.2) is 46.6 Å². The molecule has 0 bridgehead atoms. The minimum Gasteiger partial charge on any atom is -0.497 e. The van der Waals surface area contributed by atoms with Crippen LogP contribution >= 0.6 is 11.8 Å². The van der Waals surface area contributed by atoms with E-state index in [2.05, 4.69) is 28.6 Å². The van der Waals surface area contributed by atoms with Crippen molar-refractivity contribution in [3.8, 4) is 28.6 Å². The van der Waals surface area contributed by atoms with Crippen LogP contribution in [0.4, 0.5) is 0 Å². The third-order valence-electron chi connectivity index (χ3n) is 4.81. The molecule has 162 valence electrons. The largest absolute Gasteiger partial charge is 0.497 e. The Kier molecular flexibility index (Phi) is 6.46. The first-order chi connectivity index (χ1) is 15.0. The van der Waals surface area contributed by atoms with E-state index in [1.807, 2.05) is 24.3 Å². The number of hydrogen-bond donors (Lipinski definition) is 0. The Morgan fingerprint density at radius 2 is 1.84 bits per heavy atom. The molecular weight excluding hydrogens is 414 g/mol. The fourth-order valence-electron chi connectivity index (χ4n) is 3.31. The van der Waals surface area contributed by atoms with Gasteiger partial charge in [0.05, 0.1) is 12.9 Å². The van der Waals surface area contributed by atoms with Gasteiger partial charge in [0, 0.05) is 17.7 Å². The molecule has 0 atom stereocenters. The van der Waals surface area contributed by atoms with Gasteiger partial charge in [-0.2, -0.15) is 0 Å². The highest BCUT2D eigenvalue weighted by atomic mass is 32.2. The Labute approximate surface area is 185 Å². The summed E-state index contributed by atoms with van der Waals surface area (Å²) in [6.07, 6.45) is 0. The molecule has 2 aromatic carbocycles. The highest BCUT2D eigenvalue weighted by Crippen LogP contribution is 2.32. The second-order valence-electron chi connectivity index (χ2n) is 7.61. The molecule has 31 heavy (non-hydrogen) atoms. The number of ether oxygens (including phenoxy) is 3. The van der Waals surface area contributed by atoms with E-state index >= 15 is 0 Å². The second-order valence-corrected chi connectivity index (χ2v) is 8.55. The van der Waals surface area contributed by atoms with Crippen LogP contribution in [0.2, 0.25) is 0 Å². The zero-order chi connectivity index (χ0) is 21.8. The first kappa shape index (κ1) is 21.2. The first-order valence-electron chi connectivity index (χ1n) is 10.2. The van der Waals surface area contributed by atoms with Gasteiger partial charge in [-0.05, 0) is 48.4 Å². The van der Waals surface area contributed by atoms with Crippen LogP contribution in [0.1, 0.15) is 24.2 Å². The summed E-state index contributed by atoms with van der Waals surface area (Å²) >= 11 is 1.40. The molecule has 0 aliphatic carbocycles. The lowest BCUT2D eigenvalue weighted by Gasteiger charge is -2.18. The molecule has 0 N–H and O–H groups in total. The van der Waals surface area contributed by atoms with Crippen molar-refractivity contribution in [2.75, 3.05) is 26.1 Å². The van der Waals surface area contributed by atoms with Crippen molar-refractivity contribution < 1.29 is 19.0 Å². The maximum atomic E-state index is 12.8. The minimum absolute atomic E-state index is 0.00654. The lowest BCUT2D eigenvalue weighted by atomic mass is 10.1. The third kappa shape index (κ3) is 4.85. The molecule has 0 saturated heterocycles. The molecule has 7 nitrogen and oxygen atoms in total. The standard InChI is InChI=1S/C23H25N3O4S/c1-15(2)13-26-22(16-4-7-18(28-3)8-5-16)24-25-23(26)31-14-19(27)17-6-9-20-21(12-17)30-11-10-29-20/h4-9,12,15H,10-11,13-14H2,1-3H3. The number of fused-ring (bicyclic) bond motifs is 1. The number of methoxy groups -OCH3 is 1. The van der Waals surface area contributed by atoms with Gasteiger partial charge in [-0.15, -0.1) is 10.2 Å². The van der Waals surface area contributed by atoms with Crippen molar-refractivity contribution in [3.05, 3.63) is 48.0 Å². The summed E-state index contributed by atoms with van der Waals surface area (Å²) in [6.45, 7) is 6.07. The van der Waals surface area contributed by atoms with Gasteiger partial charge in [0.25, 0.3) is 0 Å². The number of Topliss-reactive ketones (excluding diaryl/α,β-unsaturated/α-hetero) is 1. The van der Waals surface area contributed by atoms with Crippen molar-refractivity contribution in [2.45, 2.75) is 25.5 Å². The Hall–Kier alpha value is -3.00. The van der Waals surface area contributed by atoms with E-state index in [-0.39, 0.29) is 11.5 Å². The number of rotatable bonds is 8. The average molecular weight is 440 g/mol. The van der Waals surface area contributed by atoms with Gasteiger partial charge in [0.2, 0.25) is 0 Å². The summed E-state index contributed by atoms with van der Waals surface area (Å²) < 4.78 is 18.4. The molecule has 1 aromatic heterocycles. The molecule has 0 spiro atoms. The van der Waals surface area contributed by atoms with Gasteiger partial charge < -0.3 is 18.8 Å². The van der Waals surface area contributed by atoms with E-state index in [1.165, 1.54) is 11.8 Å². The third-order valence-corrected chi connectivity index (χ3v) is 5.78. The minimum atomic E-state index is 0.00654. The fraction of sp³-hybridized carbons (Fsp3) is 0.348. The predicted octanol–water partition coefficient (Wildman–Crippen LogP) is 4.36. The molecule has 0 amide bonds. The Morgan fingerprint density at radius 1 is 1.10 bits per heavy atom. The molecule has 4 rings (SSSR count). The van der Waals surface area contributed by atoms with Gasteiger partial charge in [0.15, 0.2) is 28.3 Å². The molecule has 3 aromatic rings. The monoisotopic (exact) mass is 439 g/mol. The SMILES string of the molecule is COc1ccc(-c2nnc(SCC(=O)c3ccc4c(c3)OCCO4)n2CC(C)C)cc1. The van der Waals surface area contributed by atoms with Gasteiger partial charge in [-0.25, -0.2) is 0 Å². The van der Waals surface area contributed by atoms with E-state index in [4.69, 9.17) is 14.2 Å². The Balaban J connectivity index is 1.52. The topological polar surface area (TPSA) is 75.5 Å². The lowest BCUT2D eigenvalue weighted by Crippen LogP contribution is -2.16. The molecule has 0 radical (unpaired) electrons. The first-order valence-corrected chi connectivity index (χ1v) is 11.2. The Morgan fingerprint density at radius 3 is 2.55 bits per heavy atom. The number of carbonyl (C=O) groups excluding carboxylic acids is 1. The summed E-state index contributed by atoms with van der Waals surface area (Å²) in [4.78, 5) is 12.8. The zero-order valence-electron chi connectivity index (χ0n) is 17.8. The van der Waals surface area contributed by atoms with Crippen LogP contribution in [0.5, 0.6) is 17.2 Å². The summed E-state index contributed by atoms with van der Waals surface area (Å²) in [6, 6.07) is 13.1. The van der Waals surface area contributed by atoms with Crippen molar-refractivity contribution in [3.63, 3.8) is 0 Å². The smallest absolute Gasteiger partial charge is 0.191 e. The van der Waals surface area contributed by atoms with Crippen molar-refractivity contribution in [1.82, 2.24) is 14.8 Å². The maximum Gasteiger partial charge on any atom is 0.191 e. The van der Waals surface area contributed by atoms with Crippen molar-refractivity contribution in [2.24, 2.45) is 5.92 Å². The van der Waals surface area contributed by atoms with E-state index in [1.54, 1.807) is 25.3 Å². The van der Waals surface area contributed by atoms with Crippen LogP contribution < -0.4 is 14.2 Å². The Bertz CT molecular complexity index is 1060. The number of hydrogen-bond acceptors (Lipinski definition) is 7. The van der Waals surface area contributed by atoms with E-state index in [0.717, 1.165) is 28.8 Å². The van der Waals surface area contributed by atoms with Gasteiger partial charge in [-0.1, -0.05) is 25.6 Å². The highest BCUT2D eigenvalue weighted by molar-refractivity contribution is 7.99. The van der Waals surface area contributed by atoms with Crippen molar-refractivity contribution in [1.29, 1.82) is 0 Å². The number of carbonyl (C=O) groups is 1. The molecule has 0 fully saturated rings. The summed E-state index contributed by atoms with van der Waals surface area (Å²) in [5.74, 6) is 3.54. The van der Waals surface area contributed by atoms with Crippen LogP contribution in [0.25, 0.3) is 11.4 Å². The number of thioether (sulfide) groups is 1. The number of aromatic nitrogens is 3. The van der Waals surface area contributed by atoms with Crippen LogP contribution in [0.3, 0.4) is 0 Å². The molecule has 2 heterocycles.